The molecule has 1 saturated carbocycles. The molecule has 0 unspecified atom stereocenters. The predicted molar refractivity (Wildman–Crippen MR) is 79.8 cm³/mol. The number of hydrogen-bond donors (Lipinski definition) is 0. The van der Waals surface area contributed by atoms with E-state index in [-0.39, 0.29) is 5.91 Å². The van der Waals surface area contributed by atoms with Crippen LogP contribution in [0, 0.1) is 5.92 Å². The Labute approximate surface area is 125 Å². The average molecular weight is 296 g/mol. The van der Waals surface area contributed by atoms with E-state index in [0.717, 1.165) is 25.8 Å². The fourth-order valence-electron chi connectivity index (χ4n) is 2.63. The van der Waals surface area contributed by atoms with Crippen LogP contribution in [0.15, 0.2) is 12.4 Å². The maximum Gasteiger partial charge on any atom is 0.274 e. The minimum absolute atomic E-state index is 0.0123. The molecule has 2 rings (SSSR count). The van der Waals surface area contributed by atoms with Crippen LogP contribution in [0.1, 0.15) is 56.4 Å². The van der Waals surface area contributed by atoms with Gasteiger partial charge in [0, 0.05) is 12.6 Å². The molecule has 0 bridgehead atoms. The highest BCUT2D eigenvalue weighted by Gasteiger charge is 2.28. The van der Waals surface area contributed by atoms with Gasteiger partial charge in [-0.25, -0.2) is 9.97 Å². The normalized spacial score (nSPS) is 15.8. The Morgan fingerprint density at radius 1 is 1.35 bits per heavy atom. The Balaban J connectivity index is 2.11. The maximum atomic E-state index is 12.6. The molecule has 0 aromatic carbocycles. The molecule has 0 saturated heterocycles. The summed E-state index contributed by atoms with van der Waals surface area (Å²) in [6.07, 6.45) is 8.55. The number of amides is 1. The van der Waals surface area contributed by atoms with E-state index >= 15 is 0 Å². The lowest BCUT2D eigenvalue weighted by molar-refractivity contribution is 0.0665. The molecule has 0 aliphatic heterocycles. The summed E-state index contributed by atoms with van der Waals surface area (Å²) in [4.78, 5) is 22.7. The second kappa shape index (κ2) is 7.02. The second-order valence-corrected chi connectivity index (χ2v) is 6.23. The van der Waals surface area contributed by atoms with Crippen molar-refractivity contribution >= 4 is 17.5 Å². The van der Waals surface area contributed by atoms with Crippen molar-refractivity contribution in [2.24, 2.45) is 5.92 Å². The number of aromatic nitrogens is 2. The van der Waals surface area contributed by atoms with Gasteiger partial charge in [-0.05, 0) is 25.2 Å². The molecule has 1 fully saturated rings. The van der Waals surface area contributed by atoms with Gasteiger partial charge in [0.25, 0.3) is 5.91 Å². The molecular weight excluding hydrogens is 274 g/mol. The molecule has 110 valence electrons. The van der Waals surface area contributed by atoms with Gasteiger partial charge in [-0.2, -0.15) is 0 Å². The second-order valence-electron chi connectivity index (χ2n) is 5.84. The summed E-state index contributed by atoms with van der Waals surface area (Å²) in [7, 11) is 0. The third kappa shape index (κ3) is 3.92. The highest BCUT2D eigenvalue weighted by atomic mass is 35.5. The molecule has 20 heavy (non-hydrogen) atoms. The lowest BCUT2D eigenvalue weighted by atomic mass is 10.1. The van der Waals surface area contributed by atoms with Crippen LogP contribution in [-0.2, 0) is 0 Å². The highest BCUT2D eigenvalue weighted by molar-refractivity contribution is 6.29. The Kier molecular flexibility index (Phi) is 5.35. The monoisotopic (exact) mass is 295 g/mol. The number of carbonyl (C=O) groups excluding carboxylic acids is 1. The zero-order valence-corrected chi connectivity index (χ0v) is 12.9. The minimum atomic E-state index is -0.0123. The smallest absolute Gasteiger partial charge is 0.274 e. The Morgan fingerprint density at radius 2 is 2.05 bits per heavy atom. The van der Waals surface area contributed by atoms with Crippen molar-refractivity contribution in [2.45, 2.75) is 52.0 Å². The summed E-state index contributed by atoms with van der Waals surface area (Å²) in [6, 6.07) is 0.360. The summed E-state index contributed by atoms with van der Waals surface area (Å²) < 4.78 is 0. The van der Waals surface area contributed by atoms with Gasteiger partial charge in [0.2, 0.25) is 0 Å². The van der Waals surface area contributed by atoms with E-state index in [0.29, 0.717) is 22.8 Å². The van der Waals surface area contributed by atoms with Gasteiger partial charge in [-0.1, -0.05) is 38.3 Å². The van der Waals surface area contributed by atoms with Gasteiger partial charge in [-0.15, -0.1) is 0 Å². The van der Waals surface area contributed by atoms with Crippen molar-refractivity contribution in [3.8, 4) is 0 Å². The average Bonchev–Trinajstić information content (AvgIpc) is 2.93. The van der Waals surface area contributed by atoms with Crippen LogP contribution in [-0.4, -0.2) is 33.4 Å². The van der Waals surface area contributed by atoms with E-state index in [1.165, 1.54) is 25.2 Å². The molecule has 1 aliphatic rings. The molecule has 1 aromatic rings. The predicted octanol–water partition coefficient (Wildman–Crippen LogP) is 3.56. The molecule has 1 heterocycles. The van der Waals surface area contributed by atoms with Gasteiger partial charge in [0.15, 0.2) is 0 Å². The summed E-state index contributed by atoms with van der Waals surface area (Å²) in [5.74, 6) is 0.574. The van der Waals surface area contributed by atoms with E-state index in [2.05, 4.69) is 23.8 Å². The van der Waals surface area contributed by atoms with E-state index < -0.39 is 0 Å². The zero-order chi connectivity index (χ0) is 14.5. The number of carbonyl (C=O) groups is 1. The summed E-state index contributed by atoms with van der Waals surface area (Å²) in [5, 5.41) is 0.316. The highest BCUT2D eigenvalue weighted by Crippen LogP contribution is 2.25. The number of hydrogen-bond acceptors (Lipinski definition) is 3. The Morgan fingerprint density at radius 3 is 2.60 bits per heavy atom. The summed E-state index contributed by atoms with van der Waals surface area (Å²) in [6.45, 7) is 5.16. The fraction of sp³-hybridized carbons (Fsp3) is 0.667. The third-order valence-electron chi connectivity index (χ3n) is 3.81. The van der Waals surface area contributed by atoms with Crippen LogP contribution in [0.3, 0.4) is 0 Å². The summed E-state index contributed by atoms with van der Waals surface area (Å²) in [5.41, 5.74) is 0.394. The van der Waals surface area contributed by atoms with Gasteiger partial charge < -0.3 is 4.90 Å². The largest absolute Gasteiger partial charge is 0.334 e. The first-order chi connectivity index (χ1) is 9.58. The quantitative estimate of drug-likeness (QED) is 0.834. The number of nitrogens with zero attached hydrogens (tertiary/aromatic N) is 3. The number of rotatable bonds is 5. The standard InChI is InChI=1S/C15H22ClN3O/c1-11(2)7-8-19(12-5-3-4-6-12)15(20)13-9-18-14(16)10-17-13/h9-12H,3-8H2,1-2H3. The first-order valence-electron chi connectivity index (χ1n) is 7.36. The molecule has 1 aromatic heterocycles. The van der Waals surface area contributed by atoms with Gasteiger partial charge >= 0.3 is 0 Å². The molecule has 0 spiro atoms. The van der Waals surface area contributed by atoms with Gasteiger partial charge in [0.05, 0.1) is 12.4 Å². The molecule has 5 heteroatoms. The van der Waals surface area contributed by atoms with E-state index in [9.17, 15) is 4.79 Å². The summed E-state index contributed by atoms with van der Waals surface area (Å²) >= 11 is 5.73. The van der Waals surface area contributed by atoms with Crippen LogP contribution in [0.25, 0.3) is 0 Å². The Hall–Kier alpha value is -1.16. The van der Waals surface area contributed by atoms with Crippen LogP contribution in [0.2, 0.25) is 5.15 Å². The minimum Gasteiger partial charge on any atom is -0.334 e. The van der Waals surface area contributed by atoms with Crippen LogP contribution in [0.5, 0.6) is 0 Å². The van der Waals surface area contributed by atoms with Crippen molar-refractivity contribution in [1.29, 1.82) is 0 Å². The topological polar surface area (TPSA) is 46.1 Å². The SMILES string of the molecule is CC(C)CCN(C(=O)c1cnc(Cl)cn1)C1CCCC1. The molecular formula is C15H22ClN3O. The van der Waals surface area contributed by atoms with E-state index in [4.69, 9.17) is 11.6 Å². The van der Waals surface area contributed by atoms with Crippen molar-refractivity contribution in [2.75, 3.05) is 6.54 Å². The molecule has 1 aliphatic carbocycles. The molecule has 0 N–H and O–H groups in total. The van der Waals surface area contributed by atoms with Crippen molar-refractivity contribution in [3.05, 3.63) is 23.2 Å². The number of halogens is 1. The third-order valence-corrected chi connectivity index (χ3v) is 4.01. The first-order valence-corrected chi connectivity index (χ1v) is 7.74. The van der Waals surface area contributed by atoms with Gasteiger partial charge in [-0.3, -0.25) is 4.79 Å². The lowest BCUT2D eigenvalue weighted by Crippen LogP contribution is -2.40. The molecule has 0 atom stereocenters. The van der Waals surface area contributed by atoms with Crippen LogP contribution < -0.4 is 0 Å². The maximum absolute atomic E-state index is 12.6. The first kappa shape index (κ1) is 15.2. The van der Waals surface area contributed by atoms with Crippen LogP contribution >= 0.6 is 11.6 Å². The lowest BCUT2D eigenvalue weighted by Gasteiger charge is -2.29. The van der Waals surface area contributed by atoms with Crippen molar-refractivity contribution in [3.63, 3.8) is 0 Å². The van der Waals surface area contributed by atoms with Gasteiger partial charge in [0.1, 0.15) is 10.8 Å². The fourth-order valence-corrected chi connectivity index (χ4v) is 2.73. The van der Waals surface area contributed by atoms with Crippen molar-refractivity contribution in [1.82, 2.24) is 14.9 Å². The van der Waals surface area contributed by atoms with Crippen LogP contribution in [0.4, 0.5) is 0 Å². The molecule has 1 amide bonds. The van der Waals surface area contributed by atoms with E-state index in [1.807, 2.05) is 4.90 Å². The Bertz CT molecular complexity index is 441. The van der Waals surface area contributed by atoms with E-state index in [1.54, 1.807) is 0 Å². The zero-order valence-electron chi connectivity index (χ0n) is 12.2. The van der Waals surface area contributed by atoms with Crippen molar-refractivity contribution < 1.29 is 4.79 Å². The molecule has 0 radical (unpaired) electrons. The molecule has 4 nitrogen and oxygen atoms in total.